The van der Waals surface area contributed by atoms with E-state index in [2.05, 4.69) is 20.5 Å². The molecule has 1 aliphatic carbocycles. The van der Waals surface area contributed by atoms with Gasteiger partial charge in [0.25, 0.3) is 0 Å². The number of rotatable bonds is 3. The maximum absolute atomic E-state index is 15.3. The Bertz CT molecular complexity index is 1530. The first-order valence-corrected chi connectivity index (χ1v) is 11.6. The van der Waals surface area contributed by atoms with Crippen LogP contribution in [0.2, 0.25) is 0 Å². The lowest BCUT2D eigenvalue weighted by Crippen LogP contribution is -2.32. The third kappa shape index (κ3) is 3.27. The Morgan fingerprint density at radius 3 is 2.57 bits per heavy atom. The fraction of sp³-hybridized carbons (Fsp3) is 0.360. The summed E-state index contributed by atoms with van der Waals surface area (Å²) in [6, 6.07) is 5.64. The lowest BCUT2D eigenvalue weighted by Gasteiger charge is -2.18. The predicted octanol–water partition coefficient (Wildman–Crippen LogP) is 3.42. The van der Waals surface area contributed by atoms with Crippen molar-refractivity contribution in [3.05, 3.63) is 47.3 Å². The molecule has 3 N–H and O–H groups in total. The minimum absolute atomic E-state index is 0.00896. The van der Waals surface area contributed by atoms with Crippen LogP contribution in [0.1, 0.15) is 29.9 Å². The van der Waals surface area contributed by atoms with Gasteiger partial charge in [0.05, 0.1) is 11.4 Å². The van der Waals surface area contributed by atoms with E-state index in [1.165, 1.54) is 0 Å². The summed E-state index contributed by atoms with van der Waals surface area (Å²) >= 11 is 0. The molecule has 1 aromatic carbocycles. The average Bonchev–Trinajstić information content (AvgIpc) is 3.42. The van der Waals surface area contributed by atoms with Gasteiger partial charge >= 0.3 is 0 Å². The predicted molar refractivity (Wildman–Crippen MR) is 132 cm³/mol. The number of carbonyl (C=O) groups excluding carboxylic acids is 1. The van der Waals surface area contributed by atoms with Gasteiger partial charge < -0.3 is 16.0 Å². The van der Waals surface area contributed by atoms with Crippen molar-refractivity contribution < 1.29 is 9.18 Å². The Morgan fingerprint density at radius 1 is 1.11 bits per heavy atom. The molecule has 0 saturated heterocycles. The zero-order chi connectivity index (χ0) is 24.6. The molecular formula is C25H27FN8O. The number of aromatic nitrogens is 5. The first-order chi connectivity index (χ1) is 16.7. The van der Waals surface area contributed by atoms with Gasteiger partial charge in [0.15, 0.2) is 11.6 Å². The van der Waals surface area contributed by atoms with Gasteiger partial charge in [-0.2, -0.15) is 10.2 Å². The molecule has 180 valence electrons. The average molecular weight is 475 g/mol. The number of aryl methyl sites for hydroxylation is 2. The van der Waals surface area contributed by atoms with Gasteiger partial charge in [-0.15, -0.1) is 0 Å². The molecule has 0 atom stereocenters. The fourth-order valence-electron chi connectivity index (χ4n) is 5.30. The van der Waals surface area contributed by atoms with E-state index in [0.29, 0.717) is 29.1 Å². The summed E-state index contributed by atoms with van der Waals surface area (Å²) in [6.45, 7) is 4.71. The Balaban J connectivity index is 1.39. The number of hydrogen-bond acceptors (Lipinski definition) is 6. The van der Waals surface area contributed by atoms with Gasteiger partial charge in [-0.1, -0.05) is 0 Å². The third-order valence-electron chi connectivity index (χ3n) is 7.46. The van der Waals surface area contributed by atoms with Crippen LogP contribution in [-0.4, -0.2) is 48.9 Å². The van der Waals surface area contributed by atoms with Crippen molar-refractivity contribution in [3.8, 4) is 11.1 Å². The van der Waals surface area contributed by atoms with E-state index in [0.717, 1.165) is 40.9 Å². The molecule has 4 heterocycles. The van der Waals surface area contributed by atoms with Crippen molar-refractivity contribution in [2.75, 3.05) is 24.6 Å². The molecule has 3 aromatic heterocycles. The van der Waals surface area contributed by atoms with Crippen LogP contribution in [0.4, 0.5) is 21.7 Å². The summed E-state index contributed by atoms with van der Waals surface area (Å²) in [5, 5.41) is 13.6. The summed E-state index contributed by atoms with van der Waals surface area (Å²) in [5.74, 6) is 0.779. The summed E-state index contributed by atoms with van der Waals surface area (Å²) in [7, 11) is 3.69. The van der Waals surface area contributed by atoms with Crippen molar-refractivity contribution in [3.63, 3.8) is 0 Å². The number of amides is 1. The largest absolute Gasteiger partial charge is 0.396 e. The van der Waals surface area contributed by atoms with Crippen LogP contribution in [0.3, 0.4) is 0 Å². The molecule has 1 fully saturated rings. The number of nitrogens with zero attached hydrogens (tertiary/aromatic N) is 6. The Hall–Kier alpha value is -3.95. The molecule has 1 spiro atoms. The van der Waals surface area contributed by atoms with Crippen LogP contribution in [0.25, 0.3) is 21.9 Å². The van der Waals surface area contributed by atoms with E-state index in [-0.39, 0.29) is 23.6 Å². The number of benzene rings is 1. The number of nitrogens with two attached hydrogens (primary N) is 1. The second kappa shape index (κ2) is 7.27. The molecule has 1 amide bonds. The highest BCUT2D eigenvalue weighted by molar-refractivity contribution is 5.98. The highest BCUT2D eigenvalue weighted by Gasteiger charge is 2.50. The second-order valence-electron chi connectivity index (χ2n) is 9.84. The highest BCUT2D eigenvalue weighted by Crippen LogP contribution is 2.50. The zero-order valence-corrected chi connectivity index (χ0v) is 20.2. The minimum Gasteiger partial charge on any atom is -0.396 e. The molecule has 0 bridgehead atoms. The van der Waals surface area contributed by atoms with Crippen molar-refractivity contribution in [2.24, 2.45) is 7.05 Å². The number of pyridine rings is 1. The molecule has 9 nitrogen and oxygen atoms in total. The number of hydrogen-bond donors (Lipinski definition) is 2. The summed E-state index contributed by atoms with van der Waals surface area (Å²) in [4.78, 5) is 18.7. The van der Waals surface area contributed by atoms with Crippen LogP contribution in [0.15, 0.2) is 24.4 Å². The molecule has 0 radical (unpaired) electrons. The number of nitrogens with one attached hydrogen (secondary N) is 1. The van der Waals surface area contributed by atoms with Crippen molar-refractivity contribution >= 4 is 34.0 Å². The SMILES string of the molecule is Cc1nn(C)c(C)c1-c1cc2cc(Nc3cc4n(n3)CC(=O)N(C)CC43CC3)ncc2c(N)c1F. The normalized spacial score (nSPS) is 16.6. The molecular weight excluding hydrogens is 447 g/mol. The molecule has 4 aromatic rings. The van der Waals surface area contributed by atoms with Crippen molar-refractivity contribution in [1.82, 2.24) is 29.4 Å². The number of likely N-dealkylation sites (N-methyl/N-ethyl adjacent to an activating group) is 1. The molecule has 0 unspecified atom stereocenters. The number of carbonyl (C=O) groups is 1. The topological polar surface area (TPSA) is 107 Å². The van der Waals surface area contributed by atoms with Gasteiger partial charge in [-0.3, -0.25) is 14.2 Å². The molecule has 2 aliphatic rings. The Labute approximate surface area is 201 Å². The summed E-state index contributed by atoms with van der Waals surface area (Å²) < 4.78 is 18.8. The van der Waals surface area contributed by atoms with E-state index >= 15 is 4.39 Å². The lowest BCUT2D eigenvalue weighted by molar-refractivity contribution is -0.130. The fourth-order valence-corrected chi connectivity index (χ4v) is 5.30. The van der Waals surface area contributed by atoms with Gasteiger partial charge in [-0.25, -0.2) is 9.37 Å². The van der Waals surface area contributed by atoms with Crippen LogP contribution in [-0.2, 0) is 23.8 Å². The Morgan fingerprint density at radius 2 is 1.89 bits per heavy atom. The molecule has 1 saturated carbocycles. The van der Waals surface area contributed by atoms with E-state index in [1.807, 2.05) is 44.8 Å². The van der Waals surface area contributed by atoms with E-state index in [4.69, 9.17) is 5.73 Å². The third-order valence-corrected chi connectivity index (χ3v) is 7.46. The molecule has 6 rings (SSSR count). The summed E-state index contributed by atoms with van der Waals surface area (Å²) in [5.41, 5.74) is 10.1. The van der Waals surface area contributed by atoms with Gasteiger partial charge in [-0.05, 0) is 44.2 Å². The van der Waals surface area contributed by atoms with Gasteiger partial charge in [0.1, 0.15) is 12.4 Å². The first kappa shape index (κ1) is 21.6. The van der Waals surface area contributed by atoms with E-state index in [1.54, 1.807) is 21.8 Å². The number of nitrogen functional groups attached to an aromatic ring is 1. The smallest absolute Gasteiger partial charge is 0.244 e. The zero-order valence-electron chi connectivity index (χ0n) is 20.2. The number of anilines is 3. The van der Waals surface area contributed by atoms with Crippen LogP contribution in [0.5, 0.6) is 0 Å². The lowest BCUT2D eigenvalue weighted by atomic mass is 9.98. The van der Waals surface area contributed by atoms with Crippen LogP contribution >= 0.6 is 0 Å². The standard InChI is InChI=1S/C25H27FN8O/c1-13-22(14(2)33(4)30-13)16-7-15-8-19(28-10-17(15)24(27)23(16)26)29-20-9-18-25(5-6-25)12-32(3)21(35)11-34(18)31-20/h7-10H,5-6,11-12,27H2,1-4H3,(H,28,29,31). The van der Waals surface area contributed by atoms with Crippen molar-refractivity contribution in [2.45, 2.75) is 38.6 Å². The first-order valence-electron chi connectivity index (χ1n) is 11.6. The number of fused-ring (bicyclic) bond motifs is 3. The number of halogens is 1. The minimum atomic E-state index is -0.471. The van der Waals surface area contributed by atoms with Crippen LogP contribution in [0, 0.1) is 19.7 Å². The van der Waals surface area contributed by atoms with E-state index in [9.17, 15) is 4.79 Å². The second-order valence-corrected chi connectivity index (χ2v) is 9.84. The molecule has 35 heavy (non-hydrogen) atoms. The Kier molecular flexibility index (Phi) is 4.48. The highest BCUT2D eigenvalue weighted by atomic mass is 19.1. The summed E-state index contributed by atoms with van der Waals surface area (Å²) in [6.07, 6.45) is 3.67. The monoisotopic (exact) mass is 474 g/mol. The van der Waals surface area contributed by atoms with E-state index < -0.39 is 5.82 Å². The maximum atomic E-state index is 15.3. The molecule has 1 aliphatic heterocycles. The maximum Gasteiger partial charge on any atom is 0.244 e. The molecule has 10 heteroatoms. The van der Waals surface area contributed by atoms with Crippen LogP contribution < -0.4 is 11.1 Å². The van der Waals surface area contributed by atoms with Crippen molar-refractivity contribution in [1.29, 1.82) is 0 Å². The van der Waals surface area contributed by atoms with Gasteiger partial charge in [0.2, 0.25) is 5.91 Å². The van der Waals surface area contributed by atoms with Gasteiger partial charge in [0, 0.05) is 66.2 Å². The quantitative estimate of drug-likeness (QED) is 0.441.